The van der Waals surface area contributed by atoms with Crippen molar-refractivity contribution in [2.75, 3.05) is 0 Å². The third-order valence-corrected chi connectivity index (χ3v) is 7.27. The van der Waals surface area contributed by atoms with Crippen molar-refractivity contribution in [1.29, 1.82) is 0 Å². The Labute approximate surface area is 161 Å². The van der Waals surface area contributed by atoms with Crippen LogP contribution in [0.3, 0.4) is 0 Å². The summed E-state index contributed by atoms with van der Waals surface area (Å²) < 4.78 is 0. The highest BCUT2D eigenvalue weighted by molar-refractivity contribution is 5.91. The summed E-state index contributed by atoms with van der Waals surface area (Å²) in [6.45, 7) is 7.09. The predicted octanol–water partition coefficient (Wildman–Crippen LogP) is 2.57. The summed E-state index contributed by atoms with van der Waals surface area (Å²) in [6.07, 6.45) is 6.69. The van der Waals surface area contributed by atoms with Gasteiger partial charge in [0, 0.05) is 11.5 Å². The molecule has 0 aliphatic heterocycles. The molecule has 4 saturated carbocycles. The Morgan fingerprint density at radius 1 is 0.889 bits per heavy atom. The van der Waals surface area contributed by atoms with Crippen LogP contribution in [0.2, 0.25) is 0 Å². The Bertz CT molecular complexity index is 580. The van der Waals surface area contributed by atoms with Gasteiger partial charge in [0.15, 0.2) is 0 Å². The first-order valence-corrected chi connectivity index (χ1v) is 10.5. The van der Waals surface area contributed by atoms with Crippen LogP contribution in [0.4, 0.5) is 0 Å². The number of rotatable bonds is 7. The van der Waals surface area contributed by atoms with E-state index in [1.807, 2.05) is 13.8 Å². The molecule has 3 atom stereocenters. The minimum atomic E-state index is -0.943. The van der Waals surface area contributed by atoms with Crippen molar-refractivity contribution in [3.05, 3.63) is 0 Å². The van der Waals surface area contributed by atoms with Crippen LogP contribution in [-0.4, -0.2) is 35.0 Å². The standard InChI is InChI=1S/C21H34N2O4/c1-11(2)17(18(24)22-13(4)12(3)19(25)26)23-20(27)21-8-14-5-15(9-21)7-16(6-14)10-21/h11-17H,5-10H2,1-4H3,(H,22,24)(H,23,27)(H,25,26). The monoisotopic (exact) mass is 378 g/mol. The maximum Gasteiger partial charge on any atom is 0.308 e. The Balaban J connectivity index is 1.66. The Morgan fingerprint density at radius 2 is 1.37 bits per heavy atom. The summed E-state index contributed by atoms with van der Waals surface area (Å²) in [4.78, 5) is 37.2. The SMILES string of the molecule is CC(C)C(NC(=O)C12CC3CC(CC(C3)C1)C2)C(=O)NC(C)C(C)C(=O)O. The second kappa shape index (κ2) is 7.44. The maximum absolute atomic E-state index is 13.3. The zero-order valence-electron chi connectivity index (χ0n) is 17.0. The van der Waals surface area contributed by atoms with Crippen LogP contribution in [-0.2, 0) is 14.4 Å². The maximum atomic E-state index is 13.3. The van der Waals surface area contributed by atoms with Crippen LogP contribution in [0.5, 0.6) is 0 Å². The van der Waals surface area contributed by atoms with Crippen molar-refractivity contribution in [1.82, 2.24) is 10.6 Å². The van der Waals surface area contributed by atoms with Crippen LogP contribution in [0.1, 0.15) is 66.2 Å². The van der Waals surface area contributed by atoms with Gasteiger partial charge in [-0.15, -0.1) is 0 Å². The van der Waals surface area contributed by atoms with E-state index < -0.39 is 24.0 Å². The van der Waals surface area contributed by atoms with Crippen molar-refractivity contribution in [3.8, 4) is 0 Å². The molecule has 0 heterocycles. The predicted molar refractivity (Wildman–Crippen MR) is 102 cm³/mol. The quantitative estimate of drug-likeness (QED) is 0.634. The number of hydrogen-bond acceptors (Lipinski definition) is 3. The molecule has 4 fully saturated rings. The largest absolute Gasteiger partial charge is 0.481 e. The molecule has 0 saturated heterocycles. The molecule has 0 aromatic rings. The third kappa shape index (κ3) is 3.99. The molecule has 3 N–H and O–H groups in total. The van der Waals surface area contributed by atoms with Gasteiger partial charge in [-0.2, -0.15) is 0 Å². The summed E-state index contributed by atoms with van der Waals surface area (Å²) in [6, 6.07) is -1.12. The zero-order chi connectivity index (χ0) is 19.9. The molecule has 2 amide bonds. The van der Waals surface area contributed by atoms with E-state index in [0.29, 0.717) is 17.8 Å². The highest BCUT2D eigenvalue weighted by atomic mass is 16.4. The highest BCUT2D eigenvalue weighted by Gasteiger charge is 2.55. The van der Waals surface area contributed by atoms with Crippen LogP contribution in [0, 0.1) is 35.0 Å². The first kappa shape index (κ1) is 20.2. The van der Waals surface area contributed by atoms with E-state index in [9.17, 15) is 14.4 Å². The van der Waals surface area contributed by atoms with Crippen molar-refractivity contribution in [2.24, 2.45) is 35.0 Å². The van der Waals surface area contributed by atoms with Gasteiger partial charge in [-0.1, -0.05) is 13.8 Å². The van der Waals surface area contributed by atoms with E-state index in [1.54, 1.807) is 13.8 Å². The molecule has 4 bridgehead atoms. The summed E-state index contributed by atoms with van der Waals surface area (Å²) in [5.41, 5.74) is -0.290. The Hall–Kier alpha value is -1.59. The smallest absolute Gasteiger partial charge is 0.308 e. The van der Waals surface area contributed by atoms with Crippen molar-refractivity contribution in [3.63, 3.8) is 0 Å². The average molecular weight is 379 g/mol. The van der Waals surface area contributed by atoms with Gasteiger partial charge in [0.2, 0.25) is 11.8 Å². The molecule has 6 heteroatoms. The number of carboxylic acids is 1. The van der Waals surface area contributed by atoms with Crippen LogP contribution in [0.25, 0.3) is 0 Å². The molecular weight excluding hydrogens is 344 g/mol. The minimum absolute atomic E-state index is 0.0365. The molecule has 4 rings (SSSR count). The lowest BCUT2D eigenvalue weighted by molar-refractivity contribution is -0.149. The van der Waals surface area contributed by atoms with Gasteiger partial charge in [-0.25, -0.2) is 0 Å². The third-order valence-electron chi connectivity index (χ3n) is 7.27. The van der Waals surface area contributed by atoms with Gasteiger partial charge in [0.1, 0.15) is 6.04 Å². The molecule has 152 valence electrons. The van der Waals surface area contributed by atoms with Gasteiger partial charge in [-0.05, 0) is 76.0 Å². The van der Waals surface area contributed by atoms with Gasteiger partial charge >= 0.3 is 5.97 Å². The normalized spacial score (nSPS) is 34.8. The summed E-state index contributed by atoms with van der Waals surface area (Å²) in [5, 5.41) is 15.0. The number of carbonyl (C=O) groups excluding carboxylic acids is 2. The molecule has 4 aliphatic carbocycles. The highest BCUT2D eigenvalue weighted by Crippen LogP contribution is 2.60. The number of hydrogen-bond donors (Lipinski definition) is 3. The fourth-order valence-electron chi connectivity index (χ4n) is 5.87. The molecule has 0 aromatic heterocycles. The molecular formula is C21H34N2O4. The first-order chi connectivity index (χ1) is 12.6. The first-order valence-electron chi connectivity index (χ1n) is 10.5. The lowest BCUT2D eigenvalue weighted by Gasteiger charge is -2.55. The number of amides is 2. The second-order valence-electron chi connectivity index (χ2n) is 9.82. The van der Waals surface area contributed by atoms with E-state index in [1.165, 1.54) is 19.3 Å². The number of carbonyl (C=O) groups is 3. The average Bonchev–Trinajstić information content (AvgIpc) is 2.56. The lowest BCUT2D eigenvalue weighted by Crippen LogP contribution is -2.59. The summed E-state index contributed by atoms with van der Waals surface area (Å²) in [5.74, 6) is 0.0784. The van der Waals surface area contributed by atoms with E-state index >= 15 is 0 Å². The van der Waals surface area contributed by atoms with Gasteiger partial charge in [0.05, 0.1) is 5.92 Å². The molecule has 27 heavy (non-hydrogen) atoms. The van der Waals surface area contributed by atoms with Crippen molar-refractivity contribution < 1.29 is 19.5 Å². The lowest BCUT2D eigenvalue weighted by atomic mass is 9.49. The van der Waals surface area contributed by atoms with Crippen molar-refractivity contribution >= 4 is 17.8 Å². The van der Waals surface area contributed by atoms with Gasteiger partial charge < -0.3 is 15.7 Å². The van der Waals surface area contributed by atoms with Gasteiger partial charge in [-0.3, -0.25) is 14.4 Å². The van der Waals surface area contributed by atoms with Crippen molar-refractivity contribution in [2.45, 2.75) is 78.3 Å². The molecule has 0 spiro atoms. The van der Waals surface area contributed by atoms with E-state index in [0.717, 1.165) is 19.3 Å². The molecule has 3 unspecified atom stereocenters. The molecule has 0 radical (unpaired) electrons. The molecule has 0 aromatic carbocycles. The van der Waals surface area contributed by atoms with Crippen LogP contribution >= 0.6 is 0 Å². The summed E-state index contributed by atoms with van der Waals surface area (Å²) in [7, 11) is 0. The van der Waals surface area contributed by atoms with E-state index in [4.69, 9.17) is 5.11 Å². The fourth-order valence-corrected chi connectivity index (χ4v) is 5.87. The molecule has 6 nitrogen and oxygen atoms in total. The zero-order valence-corrected chi connectivity index (χ0v) is 17.0. The fraction of sp³-hybridized carbons (Fsp3) is 0.857. The van der Waals surface area contributed by atoms with E-state index in [2.05, 4.69) is 10.6 Å². The Morgan fingerprint density at radius 3 is 1.78 bits per heavy atom. The van der Waals surface area contributed by atoms with Gasteiger partial charge in [0.25, 0.3) is 0 Å². The minimum Gasteiger partial charge on any atom is -0.481 e. The molecule has 4 aliphatic rings. The Kier molecular flexibility index (Phi) is 5.55. The second-order valence-corrected chi connectivity index (χ2v) is 9.82. The number of aliphatic carboxylic acids is 1. The number of carboxylic acid groups (broad SMARTS) is 1. The van der Waals surface area contributed by atoms with Crippen LogP contribution in [0.15, 0.2) is 0 Å². The topological polar surface area (TPSA) is 95.5 Å². The summed E-state index contributed by atoms with van der Waals surface area (Å²) >= 11 is 0. The van der Waals surface area contributed by atoms with E-state index in [-0.39, 0.29) is 23.1 Å². The van der Waals surface area contributed by atoms with Crippen LogP contribution < -0.4 is 10.6 Å². The number of nitrogens with one attached hydrogen (secondary N) is 2.